The molecule has 0 rings (SSSR count). The lowest BCUT2D eigenvalue weighted by molar-refractivity contribution is 1.47. The van der Waals surface area contributed by atoms with Crippen LogP contribution in [0.4, 0.5) is 0 Å². The highest BCUT2D eigenvalue weighted by atomic mass is 35.5. The number of nitrogens with zero attached hydrogens (tertiary/aromatic N) is 1. The fourth-order valence-corrected chi connectivity index (χ4v) is 0.365. The van der Waals surface area contributed by atoms with Gasteiger partial charge in [-0.05, 0) is 25.4 Å². The molecule has 0 spiro atoms. The van der Waals surface area contributed by atoms with E-state index in [1.807, 2.05) is 0 Å². The Hall–Kier alpha value is -0.370. The minimum Gasteiger partial charge on any atom is -0.272 e. The molecule has 0 aromatic heterocycles. The highest BCUT2D eigenvalue weighted by Gasteiger charge is 1.79. The lowest BCUT2D eigenvalue weighted by atomic mass is 10.5. The molecule has 0 radical (unpaired) electrons. The molecule has 0 heterocycles. The van der Waals surface area contributed by atoms with Gasteiger partial charge in [-0.25, -0.2) is 4.99 Å². The molecule has 3 heteroatoms. The van der Waals surface area contributed by atoms with Crippen molar-refractivity contribution in [2.24, 2.45) is 4.99 Å². The molecule has 0 aliphatic rings. The molecule has 7 heavy (non-hydrogen) atoms. The van der Waals surface area contributed by atoms with E-state index in [9.17, 15) is 0 Å². The van der Waals surface area contributed by atoms with Crippen LogP contribution in [0.1, 0.15) is 13.8 Å². The maximum absolute atomic E-state index is 6.60. The van der Waals surface area contributed by atoms with Crippen molar-refractivity contribution in [3.05, 3.63) is 0 Å². The fourth-order valence-electron chi connectivity index (χ4n) is 0.196. The van der Waals surface area contributed by atoms with E-state index in [2.05, 4.69) is 4.99 Å². The topological polar surface area (TPSA) is 36.2 Å². The van der Waals surface area contributed by atoms with E-state index in [0.717, 1.165) is 5.71 Å². The van der Waals surface area contributed by atoms with Gasteiger partial charge >= 0.3 is 0 Å². The van der Waals surface area contributed by atoms with Gasteiger partial charge in [0.1, 0.15) is 0 Å². The molecular weight excluding hydrogens is 112 g/mol. The summed E-state index contributed by atoms with van der Waals surface area (Å²) >= 11 is 5.07. The molecule has 0 saturated heterocycles. The molecule has 0 aromatic carbocycles. The minimum absolute atomic E-state index is 0.153. The molecule has 0 saturated carbocycles. The number of nitrogens with one attached hydrogen (secondary N) is 1. The summed E-state index contributed by atoms with van der Waals surface area (Å²) in [5.41, 5.74) is 0.806. The van der Waals surface area contributed by atoms with Crippen LogP contribution in [0.5, 0.6) is 0 Å². The third-order valence-electron chi connectivity index (χ3n) is 0.322. The summed E-state index contributed by atoms with van der Waals surface area (Å²) in [6, 6.07) is 0. The molecule has 0 aromatic rings. The molecular formula is C4H7ClN2. The number of amidine groups is 1. The van der Waals surface area contributed by atoms with E-state index in [1.54, 1.807) is 13.8 Å². The normalized spacial score (nSPS) is 7.86. The van der Waals surface area contributed by atoms with Crippen molar-refractivity contribution < 1.29 is 0 Å². The maximum atomic E-state index is 6.60. The second-order valence-electron chi connectivity index (χ2n) is 1.35. The summed E-state index contributed by atoms with van der Waals surface area (Å²) < 4.78 is 0. The van der Waals surface area contributed by atoms with Crippen molar-refractivity contribution in [1.29, 1.82) is 5.41 Å². The van der Waals surface area contributed by atoms with Gasteiger partial charge in [0.2, 0.25) is 5.29 Å². The van der Waals surface area contributed by atoms with Crippen LogP contribution in [0.2, 0.25) is 0 Å². The molecule has 0 fully saturated rings. The first kappa shape index (κ1) is 6.63. The summed E-state index contributed by atoms with van der Waals surface area (Å²) in [4.78, 5) is 3.54. The Balaban J connectivity index is 3.68. The summed E-state index contributed by atoms with van der Waals surface area (Å²) in [6.07, 6.45) is 0. The van der Waals surface area contributed by atoms with Gasteiger partial charge in [0.05, 0.1) is 0 Å². The third-order valence-corrected chi connectivity index (χ3v) is 0.406. The van der Waals surface area contributed by atoms with Crippen molar-refractivity contribution >= 4 is 22.6 Å². The first-order chi connectivity index (χ1) is 3.13. The predicted molar refractivity (Wildman–Crippen MR) is 32.4 cm³/mol. The smallest absolute Gasteiger partial charge is 0.214 e. The van der Waals surface area contributed by atoms with Crippen molar-refractivity contribution in [1.82, 2.24) is 0 Å². The first-order valence-electron chi connectivity index (χ1n) is 1.89. The fraction of sp³-hybridized carbons (Fsp3) is 0.500. The first-order valence-corrected chi connectivity index (χ1v) is 2.26. The van der Waals surface area contributed by atoms with E-state index in [0.29, 0.717) is 0 Å². The maximum Gasteiger partial charge on any atom is 0.214 e. The minimum atomic E-state index is -0.153. The molecule has 1 N–H and O–H groups in total. The summed E-state index contributed by atoms with van der Waals surface area (Å²) in [5.74, 6) is 0. The Kier molecular flexibility index (Phi) is 2.60. The lowest BCUT2D eigenvalue weighted by Gasteiger charge is -1.81. The lowest BCUT2D eigenvalue weighted by Crippen LogP contribution is -1.84. The summed E-state index contributed by atoms with van der Waals surface area (Å²) in [5, 5.41) is 6.45. The Morgan fingerprint density at radius 2 is 2.00 bits per heavy atom. The van der Waals surface area contributed by atoms with Crippen molar-refractivity contribution in [2.75, 3.05) is 0 Å². The number of aliphatic imine (C=N–C) groups is 1. The Labute approximate surface area is 47.7 Å². The van der Waals surface area contributed by atoms with Gasteiger partial charge in [-0.3, -0.25) is 5.41 Å². The third kappa shape index (κ3) is 5.63. The van der Waals surface area contributed by atoms with Crippen LogP contribution < -0.4 is 0 Å². The Morgan fingerprint density at radius 1 is 1.57 bits per heavy atom. The van der Waals surface area contributed by atoms with Gasteiger partial charge in [0.25, 0.3) is 0 Å². The van der Waals surface area contributed by atoms with Crippen LogP contribution in [-0.2, 0) is 0 Å². The van der Waals surface area contributed by atoms with Crippen molar-refractivity contribution in [3.8, 4) is 0 Å². The molecule has 0 amide bonds. The molecule has 0 aliphatic heterocycles. The Bertz CT molecular complexity index is 102. The highest BCUT2D eigenvalue weighted by Crippen LogP contribution is 1.82. The summed E-state index contributed by atoms with van der Waals surface area (Å²) in [6.45, 7) is 3.58. The number of halogens is 1. The molecule has 0 bridgehead atoms. The number of hydrogen-bond donors (Lipinski definition) is 1. The quantitative estimate of drug-likeness (QED) is 0.285. The zero-order valence-corrected chi connectivity index (χ0v) is 5.08. The van der Waals surface area contributed by atoms with Gasteiger partial charge in [0, 0.05) is 5.71 Å². The largest absolute Gasteiger partial charge is 0.272 e. The zero-order valence-electron chi connectivity index (χ0n) is 4.33. The number of hydrogen-bond acceptors (Lipinski definition) is 1. The van der Waals surface area contributed by atoms with E-state index in [4.69, 9.17) is 17.0 Å². The van der Waals surface area contributed by atoms with Crippen LogP contribution in [0.15, 0.2) is 4.99 Å². The van der Waals surface area contributed by atoms with Crippen LogP contribution >= 0.6 is 11.6 Å². The van der Waals surface area contributed by atoms with Crippen LogP contribution in [0.25, 0.3) is 0 Å². The van der Waals surface area contributed by atoms with Crippen LogP contribution in [0.3, 0.4) is 0 Å². The van der Waals surface area contributed by atoms with Gasteiger partial charge in [-0.15, -0.1) is 0 Å². The standard InChI is InChI=1S/C4H7ClN2/c1-3(2)7-4(5)6/h6H,1-2H3. The molecule has 0 aliphatic carbocycles. The molecule has 0 atom stereocenters. The average molecular weight is 119 g/mol. The second-order valence-corrected chi connectivity index (χ2v) is 1.71. The Morgan fingerprint density at radius 3 is 2.00 bits per heavy atom. The van der Waals surface area contributed by atoms with E-state index in [-0.39, 0.29) is 5.29 Å². The SMILES string of the molecule is CC(C)=NC(=N)Cl. The van der Waals surface area contributed by atoms with Gasteiger partial charge in [-0.1, -0.05) is 0 Å². The second kappa shape index (κ2) is 2.75. The van der Waals surface area contributed by atoms with Crippen LogP contribution in [-0.4, -0.2) is 11.0 Å². The molecule has 2 nitrogen and oxygen atoms in total. The predicted octanol–water partition coefficient (Wildman–Crippen LogP) is 1.64. The van der Waals surface area contributed by atoms with Gasteiger partial charge < -0.3 is 0 Å². The number of rotatable bonds is 0. The van der Waals surface area contributed by atoms with Crippen molar-refractivity contribution in [3.63, 3.8) is 0 Å². The molecule has 40 valence electrons. The van der Waals surface area contributed by atoms with E-state index in [1.165, 1.54) is 0 Å². The van der Waals surface area contributed by atoms with Gasteiger partial charge in [-0.2, -0.15) is 0 Å². The molecule has 0 unspecified atom stereocenters. The average Bonchev–Trinajstić information content (AvgIpc) is 1.27. The monoisotopic (exact) mass is 118 g/mol. The van der Waals surface area contributed by atoms with Crippen molar-refractivity contribution in [2.45, 2.75) is 13.8 Å². The van der Waals surface area contributed by atoms with Gasteiger partial charge in [0.15, 0.2) is 0 Å². The van der Waals surface area contributed by atoms with Crippen LogP contribution in [0, 0.1) is 5.41 Å². The van der Waals surface area contributed by atoms with E-state index < -0.39 is 0 Å². The highest BCUT2D eigenvalue weighted by molar-refractivity contribution is 6.64. The van der Waals surface area contributed by atoms with E-state index >= 15 is 0 Å². The zero-order chi connectivity index (χ0) is 5.86. The summed E-state index contributed by atoms with van der Waals surface area (Å²) in [7, 11) is 0.